The first-order valence-corrected chi connectivity index (χ1v) is 12.8. The van der Waals surface area contributed by atoms with Crippen LogP contribution in [-0.2, 0) is 4.79 Å². The highest BCUT2D eigenvalue weighted by Gasteiger charge is 2.45. The molecule has 35 heavy (non-hydrogen) atoms. The number of rotatable bonds is 4. The van der Waals surface area contributed by atoms with Gasteiger partial charge in [0.15, 0.2) is 0 Å². The summed E-state index contributed by atoms with van der Waals surface area (Å²) in [6, 6.07) is 5.58. The number of methoxy groups -OCH3 is 2. The van der Waals surface area contributed by atoms with Gasteiger partial charge < -0.3 is 29.5 Å². The van der Waals surface area contributed by atoms with Gasteiger partial charge in [0.25, 0.3) is 5.91 Å². The number of fused-ring (bicyclic) bond motifs is 4. The molecule has 1 aromatic rings. The van der Waals surface area contributed by atoms with Crippen LogP contribution >= 0.6 is 0 Å². The highest BCUT2D eigenvalue weighted by Crippen LogP contribution is 2.38. The fraction of sp³-hybridized carbons (Fsp3) is 0.654. The summed E-state index contributed by atoms with van der Waals surface area (Å²) in [7, 11) is 3.11. The number of hydrogen-bond acceptors (Lipinski definition) is 5. The molecule has 9 nitrogen and oxygen atoms in total. The molecule has 4 fully saturated rings. The number of carbonyl (C=O) groups excluding carboxylic acids is 3. The van der Waals surface area contributed by atoms with Crippen LogP contribution in [-0.4, -0.2) is 91.6 Å². The second-order valence-corrected chi connectivity index (χ2v) is 10.4. The van der Waals surface area contributed by atoms with Crippen molar-refractivity contribution in [2.45, 2.75) is 50.6 Å². The maximum Gasteiger partial charge on any atom is 0.320 e. The maximum atomic E-state index is 13.4. The molecule has 2 bridgehead atoms. The number of amides is 4. The average molecular weight is 485 g/mol. The average Bonchev–Trinajstić information content (AvgIpc) is 2.88. The summed E-state index contributed by atoms with van der Waals surface area (Å²) < 4.78 is 10.6. The Balaban J connectivity index is 1.14. The van der Waals surface area contributed by atoms with E-state index >= 15 is 0 Å². The van der Waals surface area contributed by atoms with E-state index in [1.54, 1.807) is 25.3 Å². The van der Waals surface area contributed by atoms with Crippen LogP contribution in [0.2, 0.25) is 0 Å². The number of piperidine rings is 4. The van der Waals surface area contributed by atoms with E-state index in [2.05, 4.69) is 10.2 Å². The molecule has 0 saturated carbocycles. The monoisotopic (exact) mass is 484 g/mol. The summed E-state index contributed by atoms with van der Waals surface area (Å²) in [4.78, 5) is 44.7. The van der Waals surface area contributed by atoms with Crippen molar-refractivity contribution in [3.05, 3.63) is 23.8 Å². The third-order valence-corrected chi connectivity index (χ3v) is 8.20. The number of urea groups is 1. The molecule has 1 N–H and O–H groups in total. The van der Waals surface area contributed by atoms with Crippen molar-refractivity contribution < 1.29 is 23.9 Å². The van der Waals surface area contributed by atoms with E-state index < -0.39 is 0 Å². The zero-order chi connectivity index (χ0) is 24.5. The minimum absolute atomic E-state index is 0.0147. The molecule has 0 unspecified atom stereocenters. The van der Waals surface area contributed by atoms with Crippen molar-refractivity contribution in [3.63, 3.8) is 0 Å². The molecule has 4 heterocycles. The van der Waals surface area contributed by atoms with Crippen molar-refractivity contribution in [3.8, 4) is 11.5 Å². The summed E-state index contributed by atoms with van der Waals surface area (Å²) in [6.07, 6.45) is 5.28. The quantitative estimate of drug-likeness (QED) is 0.709. The predicted molar refractivity (Wildman–Crippen MR) is 130 cm³/mol. The van der Waals surface area contributed by atoms with Crippen molar-refractivity contribution in [2.24, 2.45) is 11.8 Å². The van der Waals surface area contributed by atoms with Gasteiger partial charge in [-0.05, 0) is 56.1 Å². The lowest BCUT2D eigenvalue weighted by Gasteiger charge is -2.53. The fourth-order valence-electron chi connectivity index (χ4n) is 6.43. The number of nitrogens with zero attached hydrogens (tertiary/aromatic N) is 3. The lowest BCUT2D eigenvalue weighted by atomic mass is 9.76. The van der Waals surface area contributed by atoms with E-state index in [4.69, 9.17) is 9.47 Å². The molecule has 190 valence electrons. The summed E-state index contributed by atoms with van der Waals surface area (Å²) in [5.41, 5.74) is 0.474. The smallest absolute Gasteiger partial charge is 0.320 e. The SMILES string of the molecule is COc1ccc(C(=O)NC2CCN(C(=O)N3C[C@H]4C[C@H](C3)[C@H]3CCCC(=O)N3C4)CC2)c(OC)c1. The van der Waals surface area contributed by atoms with Gasteiger partial charge in [0, 0.05) is 57.3 Å². The first-order valence-electron chi connectivity index (χ1n) is 12.8. The van der Waals surface area contributed by atoms with Crippen molar-refractivity contribution in [1.29, 1.82) is 0 Å². The summed E-state index contributed by atoms with van der Waals surface area (Å²) in [5.74, 6) is 2.01. The molecule has 9 heteroatoms. The molecule has 0 aliphatic carbocycles. The van der Waals surface area contributed by atoms with E-state index in [0.717, 1.165) is 51.7 Å². The fourth-order valence-corrected chi connectivity index (χ4v) is 6.43. The standard InChI is InChI=1S/C26H36N4O5/c1-34-20-6-7-21(23(13-20)35-2)25(32)27-19-8-10-28(11-9-19)26(33)29-14-17-12-18(16-29)22-4-3-5-24(31)30(22)15-17/h6-7,13,17-19,22H,3-5,8-12,14-16H2,1-2H3,(H,27,32)/t17-,18-,22-/m1/s1. The highest BCUT2D eigenvalue weighted by atomic mass is 16.5. The molecule has 0 radical (unpaired) electrons. The van der Waals surface area contributed by atoms with Crippen LogP contribution in [0.1, 0.15) is 48.9 Å². The lowest BCUT2D eigenvalue weighted by molar-refractivity contribution is -0.144. The zero-order valence-electron chi connectivity index (χ0n) is 20.7. The molecule has 4 amide bonds. The molecule has 0 spiro atoms. The Morgan fingerprint density at radius 3 is 2.54 bits per heavy atom. The zero-order valence-corrected chi connectivity index (χ0v) is 20.7. The minimum Gasteiger partial charge on any atom is -0.497 e. The largest absolute Gasteiger partial charge is 0.497 e. The number of nitrogens with one attached hydrogen (secondary N) is 1. The first kappa shape index (κ1) is 23.8. The van der Waals surface area contributed by atoms with E-state index in [1.165, 1.54) is 7.11 Å². The van der Waals surface area contributed by atoms with Gasteiger partial charge in [0.2, 0.25) is 5.91 Å². The van der Waals surface area contributed by atoms with Crippen LogP contribution in [0.4, 0.5) is 4.79 Å². The number of ether oxygens (including phenoxy) is 2. The van der Waals surface area contributed by atoms with E-state index in [1.807, 2.05) is 9.80 Å². The summed E-state index contributed by atoms with van der Waals surface area (Å²) in [6.45, 7) is 3.54. The molecular formula is C26H36N4O5. The molecule has 4 aliphatic heterocycles. The lowest BCUT2D eigenvalue weighted by Crippen LogP contribution is -2.62. The number of likely N-dealkylation sites (tertiary alicyclic amines) is 2. The number of carbonyl (C=O) groups is 3. The second kappa shape index (κ2) is 9.95. The molecule has 4 saturated heterocycles. The Bertz CT molecular complexity index is 976. The maximum absolute atomic E-state index is 13.4. The van der Waals surface area contributed by atoms with E-state index in [-0.39, 0.29) is 18.0 Å². The van der Waals surface area contributed by atoms with Crippen LogP contribution in [0.5, 0.6) is 11.5 Å². The van der Waals surface area contributed by atoms with Crippen LogP contribution in [0.15, 0.2) is 18.2 Å². The predicted octanol–water partition coefficient (Wildman–Crippen LogP) is 2.35. The Hall–Kier alpha value is -2.97. The normalized spacial score (nSPS) is 26.7. The molecule has 4 aliphatic rings. The third-order valence-electron chi connectivity index (χ3n) is 8.20. The molecule has 1 aromatic carbocycles. The van der Waals surface area contributed by atoms with Gasteiger partial charge in [-0.25, -0.2) is 4.79 Å². The Kier molecular flexibility index (Phi) is 6.75. The van der Waals surface area contributed by atoms with Crippen LogP contribution in [0, 0.1) is 11.8 Å². The summed E-state index contributed by atoms with van der Waals surface area (Å²) >= 11 is 0. The highest BCUT2D eigenvalue weighted by molar-refractivity contribution is 5.97. The van der Waals surface area contributed by atoms with Crippen molar-refractivity contribution in [1.82, 2.24) is 20.0 Å². The van der Waals surface area contributed by atoms with E-state index in [9.17, 15) is 14.4 Å². The molecule has 5 rings (SSSR count). The second-order valence-electron chi connectivity index (χ2n) is 10.4. The van der Waals surface area contributed by atoms with Crippen LogP contribution in [0.3, 0.4) is 0 Å². The van der Waals surface area contributed by atoms with Gasteiger partial charge in [0.05, 0.1) is 19.8 Å². The topological polar surface area (TPSA) is 91.4 Å². The van der Waals surface area contributed by atoms with Crippen LogP contribution in [0.25, 0.3) is 0 Å². The molecule has 0 aromatic heterocycles. The number of hydrogen-bond donors (Lipinski definition) is 1. The third kappa shape index (κ3) is 4.77. The van der Waals surface area contributed by atoms with Crippen LogP contribution < -0.4 is 14.8 Å². The first-order chi connectivity index (χ1) is 17.0. The van der Waals surface area contributed by atoms with Gasteiger partial charge in [-0.1, -0.05) is 0 Å². The summed E-state index contributed by atoms with van der Waals surface area (Å²) in [5, 5.41) is 3.11. The molecular weight excluding hydrogens is 448 g/mol. The van der Waals surface area contributed by atoms with Crippen molar-refractivity contribution in [2.75, 3.05) is 46.9 Å². The Labute approximate surface area is 206 Å². The molecule has 3 atom stereocenters. The minimum atomic E-state index is -0.176. The van der Waals surface area contributed by atoms with Gasteiger partial charge in [-0.2, -0.15) is 0 Å². The van der Waals surface area contributed by atoms with Gasteiger partial charge in [0.1, 0.15) is 11.5 Å². The van der Waals surface area contributed by atoms with Crippen molar-refractivity contribution >= 4 is 17.8 Å². The van der Waals surface area contributed by atoms with E-state index in [0.29, 0.717) is 60.4 Å². The number of benzene rings is 1. The van der Waals surface area contributed by atoms with Gasteiger partial charge in [-0.3, -0.25) is 9.59 Å². The Morgan fingerprint density at radius 2 is 1.80 bits per heavy atom. The Morgan fingerprint density at radius 1 is 1.00 bits per heavy atom. The van der Waals surface area contributed by atoms with Gasteiger partial charge >= 0.3 is 6.03 Å². The van der Waals surface area contributed by atoms with Gasteiger partial charge in [-0.15, -0.1) is 0 Å².